The summed E-state index contributed by atoms with van der Waals surface area (Å²) < 4.78 is 2.57. The topological polar surface area (TPSA) is 0 Å². The molecule has 0 saturated carbocycles. The summed E-state index contributed by atoms with van der Waals surface area (Å²) in [5, 5.41) is 2.77. The molecule has 0 atom stereocenters. The molecule has 0 fully saturated rings. The Morgan fingerprint density at radius 2 is 1.38 bits per heavy atom. The van der Waals surface area contributed by atoms with Gasteiger partial charge in [0, 0.05) is 0 Å². The number of rotatable bonds is 0. The van der Waals surface area contributed by atoms with Crippen molar-refractivity contribution in [2.24, 2.45) is 0 Å². The fourth-order valence-corrected chi connectivity index (χ4v) is 6.80. The normalized spacial score (nSPS) is 21.8. The molecular weight excluding hydrogens is 270 g/mol. The molecular formula is C4H6S2Se2. The number of thiol groups is 2. The summed E-state index contributed by atoms with van der Waals surface area (Å²) in [6.07, 6.45) is 0. The molecule has 0 N–H and O–H groups in total. The predicted molar refractivity (Wildman–Crippen MR) is 46.1 cm³/mol. The Balaban J connectivity index is 2.60. The van der Waals surface area contributed by atoms with Gasteiger partial charge in [-0.05, 0) is 0 Å². The Kier molecular flexibility index (Phi) is 3.41. The van der Waals surface area contributed by atoms with Crippen LogP contribution in [0.1, 0.15) is 0 Å². The van der Waals surface area contributed by atoms with Crippen molar-refractivity contribution in [3.05, 3.63) is 7.61 Å². The predicted octanol–water partition coefficient (Wildman–Crippen LogP) is 1.23. The SMILES string of the molecule is SC1=C(S)[Se]CC[Se]1. The van der Waals surface area contributed by atoms with Crippen molar-refractivity contribution in [2.75, 3.05) is 0 Å². The molecule has 1 heterocycles. The van der Waals surface area contributed by atoms with E-state index in [9.17, 15) is 0 Å². The Labute approximate surface area is 73.0 Å². The van der Waals surface area contributed by atoms with E-state index in [1.54, 1.807) is 0 Å². The summed E-state index contributed by atoms with van der Waals surface area (Å²) in [7, 11) is 0. The molecule has 0 aliphatic carbocycles. The monoisotopic (exact) mass is 278 g/mol. The van der Waals surface area contributed by atoms with Gasteiger partial charge in [0.2, 0.25) is 0 Å². The van der Waals surface area contributed by atoms with Crippen LogP contribution in [-0.4, -0.2) is 29.9 Å². The Bertz CT molecular complexity index is 107. The van der Waals surface area contributed by atoms with Gasteiger partial charge >= 0.3 is 73.4 Å². The quantitative estimate of drug-likeness (QED) is 0.482. The first-order valence-electron chi connectivity index (χ1n) is 2.18. The van der Waals surface area contributed by atoms with Crippen LogP contribution in [-0.2, 0) is 0 Å². The zero-order valence-corrected chi connectivity index (χ0v) is 9.34. The first-order chi connectivity index (χ1) is 3.80. The Morgan fingerprint density at radius 3 is 1.62 bits per heavy atom. The van der Waals surface area contributed by atoms with Crippen LogP contribution < -0.4 is 0 Å². The summed E-state index contributed by atoms with van der Waals surface area (Å²) >= 11 is 9.94. The van der Waals surface area contributed by atoms with Crippen LogP contribution in [0.15, 0.2) is 7.61 Å². The fraction of sp³-hybridized carbons (Fsp3) is 0.500. The molecule has 0 saturated heterocycles. The average molecular weight is 276 g/mol. The molecule has 0 amide bonds. The standard InChI is InChI=1S/C4H6S2Se2/c5-3-4(6)8-2-1-7-3/h5-6H,1-2H2. The molecule has 1 aliphatic rings. The van der Waals surface area contributed by atoms with Gasteiger partial charge in [-0.15, -0.1) is 0 Å². The summed E-state index contributed by atoms with van der Waals surface area (Å²) in [4.78, 5) is 0. The summed E-state index contributed by atoms with van der Waals surface area (Å²) in [6.45, 7) is 0. The van der Waals surface area contributed by atoms with Crippen molar-refractivity contribution in [3.63, 3.8) is 0 Å². The maximum atomic E-state index is 4.30. The van der Waals surface area contributed by atoms with E-state index in [0.29, 0.717) is 29.9 Å². The summed E-state index contributed by atoms with van der Waals surface area (Å²) in [5.74, 6) is 0. The van der Waals surface area contributed by atoms with E-state index in [4.69, 9.17) is 0 Å². The Morgan fingerprint density at radius 1 is 1.00 bits per heavy atom. The molecule has 0 bridgehead atoms. The fourth-order valence-electron chi connectivity index (χ4n) is 0.400. The van der Waals surface area contributed by atoms with Crippen LogP contribution in [0.3, 0.4) is 0 Å². The summed E-state index contributed by atoms with van der Waals surface area (Å²) in [5.41, 5.74) is 0. The van der Waals surface area contributed by atoms with Gasteiger partial charge in [-0.25, -0.2) is 0 Å². The van der Waals surface area contributed by atoms with Crippen LogP contribution in [0.2, 0.25) is 10.6 Å². The molecule has 4 heteroatoms. The van der Waals surface area contributed by atoms with Gasteiger partial charge in [0.25, 0.3) is 0 Å². The number of hydrogen-bond acceptors (Lipinski definition) is 2. The third-order valence-electron chi connectivity index (χ3n) is 0.744. The van der Waals surface area contributed by atoms with Crippen molar-refractivity contribution < 1.29 is 0 Å². The van der Waals surface area contributed by atoms with Crippen LogP contribution in [0.5, 0.6) is 0 Å². The first kappa shape index (κ1) is 7.58. The molecule has 0 nitrogen and oxygen atoms in total. The Hall–Kier alpha value is 1.48. The molecule has 0 aromatic carbocycles. The van der Waals surface area contributed by atoms with E-state index in [1.807, 2.05) is 0 Å². The van der Waals surface area contributed by atoms with Gasteiger partial charge in [0.15, 0.2) is 0 Å². The zero-order chi connectivity index (χ0) is 5.98. The minimum absolute atomic E-state index is 0.667. The van der Waals surface area contributed by atoms with E-state index >= 15 is 0 Å². The van der Waals surface area contributed by atoms with Gasteiger partial charge in [-0.1, -0.05) is 0 Å². The van der Waals surface area contributed by atoms with Gasteiger partial charge in [-0.2, -0.15) is 0 Å². The van der Waals surface area contributed by atoms with Crippen molar-refractivity contribution >= 4 is 55.2 Å². The van der Waals surface area contributed by atoms with Gasteiger partial charge < -0.3 is 0 Å². The van der Waals surface area contributed by atoms with Crippen molar-refractivity contribution in [3.8, 4) is 0 Å². The van der Waals surface area contributed by atoms with E-state index in [0.717, 1.165) is 0 Å². The third kappa shape index (κ3) is 2.02. The second-order valence-corrected chi connectivity index (χ2v) is 8.20. The maximum absolute atomic E-state index is 4.30. The molecule has 46 valence electrons. The van der Waals surface area contributed by atoms with Crippen molar-refractivity contribution in [1.82, 2.24) is 0 Å². The molecule has 0 unspecified atom stereocenters. The van der Waals surface area contributed by atoms with Gasteiger partial charge in [0.1, 0.15) is 0 Å². The molecule has 8 heavy (non-hydrogen) atoms. The van der Waals surface area contributed by atoms with E-state index in [-0.39, 0.29) is 0 Å². The van der Waals surface area contributed by atoms with E-state index < -0.39 is 0 Å². The minimum atomic E-state index is 0.667. The van der Waals surface area contributed by atoms with Crippen LogP contribution >= 0.6 is 25.3 Å². The molecule has 0 aromatic heterocycles. The zero-order valence-electron chi connectivity index (χ0n) is 4.13. The van der Waals surface area contributed by atoms with Crippen LogP contribution in [0.25, 0.3) is 0 Å². The molecule has 0 aromatic rings. The number of hydrogen-bond donors (Lipinski definition) is 2. The molecule has 0 radical (unpaired) electrons. The van der Waals surface area contributed by atoms with Crippen molar-refractivity contribution in [2.45, 2.75) is 10.6 Å². The van der Waals surface area contributed by atoms with Crippen LogP contribution in [0.4, 0.5) is 0 Å². The van der Waals surface area contributed by atoms with Gasteiger partial charge in [0.05, 0.1) is 0 Å². The molecule has 0 spiro atoms. The first-order valence-corrected chi connectivity index (χ1v) is 7.21. The van der Waals surface area contributed by atoms with E-state index in [1.165, 1.54) is 18.2 Å². The molecule has 1 aliphatic heterocycles. The second-order valence-electron chi connectivity index (χ2n) is 1.31. The van der Waals surface area contributed by atoms with Crippen LogP contribution in [0, 0.1) is 0 Å². The van der Waals surface area contributed by atoms with E-state index in [2.05, 4.69) is 25.3 Å². The molecule has 1 rings (SSSR count). The third-order valence-corrected chi connectivity index (χ3v) is 9.07. The average Bonchev–Trinajstić information content (AvgIpc) is 1.77. The summed E-state index contributed by atoms with van der Waals surface area (Å²) in [6, 6.07) is 0. The second kappa shape index (κ2) is 3.60. The van der Waals surface area contributed by atoms with Crippen molar-refractivity contribution in [1.29, 1.82) is 0 Å². The van der Waals surface area contributed by atoms with Gasteiger partial charge in [-0.3, -0.25) is 0 Å².